The number of benzene rings is 1. The Morgan fingerprint density at radius 1 is 1.29 bits per heavy atom. The molecule has 3 heteroatoms. The normalized spacial score (nSPS) is 19.2. The molecule has 0 radical (unpaired) electrons. The highest BCUT2D eigenvalue weighted by Crippen LogP contribution is 2.32. The molecule has 94 valence electrons. The van der Waals surface area contributed by atoms with E-state index in [1.54, 1.807) is 6.07 Å². The van der Waals surface area contributed by atoms with E-state index in [9.17, 15) is 4.39 Å². The number of hydrogen-bond donors (Lipinski definition) is 1. The Bertz CT molecular complexity index is 374. The van der Waals surface area contributed by atoms with Gasteiger partial charge < -0.3 is 5.73 Å². The van der Waals surface area contributed by atoms with Crippen molar-refractivity contribution in [3.8, 4) is 0 Å². The first-order chi connectivity index (χ1) is 8.16. The molecular formula is C14H19BrFN. The second-order valence-corrected chi connectivity index (χ2v) is 5.93. The van der Waals surface area contributed by atoms with E-state index in [4.69, 9.17) is 5.73 Å². The first kappa shape index (κ1) is 13.0. The molecule has 1 fully saturated rings. The summed E-state index contributed by atoms with van der Waals surface area (Å²) in [6.45, 7) is 0. The molecular weight excluding hydrogens is 281 g/mol. The quantitative estimate of drug-likeness (QED) is 0.870. The van der Waals surface area contributed by atoms with Gasteiger partial charge in [-0.1, -0.05) is 48.0 Å². The van der Waals surface area contributed by atoms with Crippen LogP contribution in [0.1, 0.15) is 50.1 Å². The van der Waals surface area contributed by atoms with Gasteiger partial charge in [0.25, 0.3) is 0 Å². The predicted octanol–water partition coefficient (Wildman–Crippen LogP) is 4.56. The summed E-state index contributed by atoms with van der Waals surface area (Å²) < 4.78 is 14.6. The van der Waals surface area contributed by atoms with Crippen LogP contribution in [0.3, 0.4) is 0 Å². The van der Waals surface area contributed by atoms with E-state index in [0.29, 0.717) is 11.5 Å². The van der Waals surface area contributed by atoms with Crippen LogP contribution in [0.4, 0.5) is 4.39 Å². The third-order valence-electron chi connectivity index (χ3n) is 3.67. The van der Waals surface area contributed by atoms with Crippen LogP contribution in [0, 0.1) is 11.7 Å². The van der Waals surface area contributed by atoms with Gasteiger partial charge in [0, 0.05) is 16.1 Å². The van der Waals surface area contributed by atoms with Crippen LogP contribution >= 0.6 is 15.9 Å². The van der Waals surface area contributed by atoms with Crippen LogP contribution in [0.2, 0.25) is 0 Å². The number of rotatable bonds is 3. The molecule has 1 saturated carbocycles. The van der Waals surface area contributed by atoms with E-state index < -0.39 is 0 Å². The van der Waals surface area contributed by atoms with Gasteiger partial charge in [0.2, 0.25) is 0 Å². The molecule has 1 nitrogen and oxygen atoms in total. The van der Waals surface area contributed by atoms with Crippen LogP contribution in [0.5, 0.6) is 0 Å². The Balaban J connectivity index is 2.02. The van der Waals surface area contributed by atoms with Gasteiger partial charge >= 0.3 is 0 Å². The molecule has 0 saturated heterocycles. The number of nitrogens with two attached hydrogens (primary N) is 1. The fourth-order valence-electron chi connectivity index (χ4n) is 2.71. The third kappa shape index (κ3) is 3.52. The van der Waals surface area contributed by atoms with Crippen molar-refractivity contribution in [1.82, 2.24) is 0 Å². The largest absolute Gasteiger partial charge is 0.324 e. The standard InChI is InChI=1S/C14H19BrFN/c15-11-6-7-13(16)12(9-11)14(17)8-10-4-2-1-3-5-10/h6-7,9-10,14H,1-5,8,17H2. The predicted molar refractivity (Wildman–Crippen MR) is 72.2 cm³/mol. The summed E-state index contributed by atoms with van der Waals surface area (Å²) >= 11 is 3.37. The lowest BCUT2D eigenvalue weighted by atomic mass is 9.83. The van der Waals surface area contributed by atoms with Crippen LogP contribution in [0.15, 0.2) is 22.7 Å². The Hall–Kier alpha value is -0.410. The molecule has 0 spiro atoms. The highest BCUT2D eigenvalue weighted by atomic mass is 79.9. The summed E-state index contributed by atoms with van der Waals surface area (Å²) in [5.41, 5.74) is 6.78. The topological polar surface area (TPSA) is 26.0 Å². The van der Waals surface area contributed by atoms with Gasteiger partial charge in [-0.15, -0.1) is 0 Å². The summed E-state index contributed by atoms with van der Waals surface area (Å²) in [6, 6.07) is 4.84. The van der Waals surface area contributed by atoms with E-state index in [0.717, 1.165) is 10.9 Å². The lowest BCUT2D eigenvalue weighted by molar-refractivity contribution is 0.317. The maximum absolute atomic E-state index is 13.7. The van der Waals surface area contributed by atoms with Crippen LogP contribution in [-0.4, -0.2) is 0 Å². The summed E-state index contributed by atoms with van der Waals surface area (Å²) in [4.78, 5) is 0. The lowest BCUT2D eigenvalue weighted by Gasteiger charge is -2.25. The zero-order chi connectivity index (χ0) is 12.3. The molecule has 17 heavy (non-hydrogen) atoms. The molecule has 1 aliphatic carbocycles. The smallest absolute Gasteiger partial charge is 0.128 e. The van der Waals surface area contributed by atoms with Crippen molar-refractivity contribution in [2.45, 2.75) is 44.6 Å². The molecule has 0 bridgehead atoms. The Morgan fingerprint density at radius 3 is 2.71 bits per heavy atom. The van der Waals surface area contributed by atoms with E-state index in [1.165, 1.54) is 38.2 Å². The maximum Gasteiger partial charge on any atom is 0.128 e. The van der Waals surface area contributed by atoms with Crippen molar-refractivity contribution in [2.24, 2.45) is 11.7 Å². The molecule has 2 N–H and O–H groups in total. The zero-order valence-corrected chi connectivity index (χ0v) is 11.5. The highest BCUT2D eigenvalue weighted by Gasteiger charge is 2.19. The van der Waals surface area contributed by atoms with Crippen LogP contribution < -0.4 is 5.73 Å². The maximum atomic E-state index is 13.7. The first-order valence-electron chi connectivity index (χ1n) is 6.37. The van der Waals surface area contributed by atoms with Crippen molar-refractivity contribution < 1.29 is 4.39 Å². The minimum atomic E-state index is -0.184. The average molecular weight is 300 g/mol. The summed E-state index contributed by atoms with van der Waals surface area (Å²) in [5.74, 6) is 0.494. The minimum Gasteiger partial charge on any atom is -0.324 e. The van der Waals surface area contributed by atoms with Gasteiger partial charge in [-0.3, -0.25) is 0 Å². The van der Waals surface area contributed by atoms with E-state index >= 15 is 0 Å². The van der Waals surface area contributed by atoms with Gasteiger partial charge in [0.15, 0.2) is 0 Å². The number of hydrogen-bond acceptors (Lipinski definition) is 1. The molecule has 0 aliphatic heterocycles. The molecule has 1 aliphatic rings. The Labute approximate surface area is 111 Å². The van der Waals surface area contributed by atoms with Gasteiger partial charge in [-0.25, -0.2) is 4.39 Å². The van der Waals surface area contributed by atoms with E-state index in [1.807, 2.05) is 6.07 Å². The van der Waals surface area contributed by atoms with Crippen molar-refractivity contribution in [1.29, 1.82) is 0 Å². The molecule has 1 atom stereocenters. The lowest BCUT2D eigenvalue weighted by Crippen LogP contribution is -2.18. The van der Waals surface area contributed by atoms with Gasteiger partial charge in [0.1, 0.15) is 5.82 Å². The minimum absolute atomic E-state index is 0.171. The Kier molecular flexibility index (Phi) is 4.57. The molecule has 0 amide bonds. The third-order valence-corrected chi connectivity index (χ3v) is 4.16. The van der Waals surface area contributed by atoms with Crippen molar-refractivity contribution >= 4 is 15.9 Å². The molecule has 1 aromatic carbocycles. The summed E-state index contributed by atoms with van der Waals surface area (Å²) in [5, 5.41) is 0. The monoisotopic (exact) mass is 299 g/mol. The fraction of sp³-hybridized carbons (Fsp3) is 0.571. The van der Waals surface area contributed by atoms with Crippen molar-refractivity contribution in [3.05, 3.63) is 34.1 Å². The SMILES string of the molecule is NC(CC1CCCCC1)c1cc(Br)ccc1F. The fourth-order valence-corrected chi connectivity index (χ4v) is 3.09. The summed E-state index contributed by atoms with van der Waals surface area (Å²) in [7, 11) is 0. The molecule has 2 rings (SSSR count). The average Bonchev–Trinajstić information content (AvgIpc) is 2.33. The van der Waals surface area contributed by atoms with Crippen LogP contribution in [-0.2, 0) is 0 Å². The second-order valence-electron chi connectivity index (χ2n) is 5.01. The first-order valence-corrected chi connectivity index (χ1v) is 7.16. The zero-order valence-electron chi connectivity index (χ0n) is 9.96. The van der Waals surface area contributed by atoms with Gasteiger partial charge in [-0.2, -0.15) is 0 Å². The molecule has 1 unspecified atom stereocenters. The van der Waals surface area contributed by atoms with Gasteiger partial charge in [-0.05, 0) is 30.5 Å². The van der Waals surface area contributed by atoms with E-state index in [2.05, 4.69) is 15.9 Å². The molecule has 0 aromatic heterocycles. The number of halogens is 2. The van der Waals surface area contributed by atoms with Crippen molar-refractivity contribution in [3.63, 3.8) is 0 Å². The van der Waals surface area contributed by atoms with Gasteiger partial charge in [0.05, 0.1) is 0 Å². The van der Waals surface area contributed by atoms with Crippen LogP contribution in [0.25, 0.3) is 0 Å². The van der Waals surface area contributed by atoms with E-state index in [-0.39, 0.29) is 11.9 Å². The molecule has 0 heterocycles. The second kappa shape index (κ2) is 5.96. The Morgan fingerprint density at radius 2 is 2.00 bits per heavy atom. The van der Waals surface area contributed by atoms with Crippen molar-refractivity contribution in [2.75, 3.05) is 0 Å². The molecule has 1 aromatic rings. The summed E-state index contributed by atoms with van der Waals surface area (Å²) in [6.07, 6.45) is 7.37. The highest BCUT2D eigenvalue weighted by molar-refractivity contribution is 9.10.